The number of rotatable bonds is 6. The third kappa shape index (κ3) is 3.75. The maximum Gasteiger partial charge on any atom is 0.265 e. The molecule has 0 radical (unpaired) electrons. The average Bonchev–Trinajstić information content (AvgIpc) is 2.55. The molecule has 0 unspecified atom stereocenters. The number of ether oxygens (including phenoxy) is 2. The number of anilines is 1. The number of methoxy groups -OCH3 is 1. The lowest BCUT2D eigenvalue weighted by Gasteiger charge is -2.19. The highest BCUT2D eigenvalue weighted by Crippen LogP contribution is 2.27. The van der Waals surface area contributed by atoms with Gasteiger partial charge in [-0.15, -0.1) is 0 Å². The number of nitrogens with one attached hydrogen (secondary N) is 1. The minimum atomic E-state index is -0.740. The van der Waals surface area contributed by atoms with E-state index in [1.54, 1.807) is 30.3 Å². The van der Waals surface area contributed by atoms with E-state index < -0.39 is 17.8 Å². The van der Waals surface area contributed by atoms with E-state index in [1.165, 1.54) is 19.2 Å². The first-order valence-corrected chi connectivity index (χ1v) is 7.00. The summed E-state index contributed by atoms with van der Waals surface area (Å²) in [6.45, 7) is 1.82. The Morgan fingerprint density at radius 3 is 2.41 bits per heavy atom. The van der Waals surface area contributed by atoms with E-state index in [0.29, 0.717) is 17.9 Å². The van der Waals surface area contributed by atoms with E-state index in [0.717, 1.165) is 0 Å². The predicted octanol–water partition coefficient (Wildman–Crippen LogP) is 3.63. The fourth-order valence-electron chi connectivity index (χ4n) is 1.97. The lowest BCUT2D eigenvalue weighted by Crippen LogP contribution is -2.32. The van der Waals surface area contributed by atoms with E-state index >= 15 is 0 Å². The topological polar surface area (TPSA) is 47.6 Å². The molecule has 1 atom stereocenters. The van der Waals surface area contributed by atoms with Crippen molar-refractivity contribution in [2.24, 2.45) is 0 Å². The summed E-state index contributed by atoms with van der Waals surface area (Å²) in [5.74, 6) is 0.127. The molecule has 0 fully saturated rings. The predicted molar refractivity (Wildman–Crippen MR) is 82.7 cm³/mol. The SMILES string of the molecule is CC[C@H](Oc1ccccc1OC)C(=O)Nc1ccccc1F. The van der Waals surface area contributed by atoms with E-state index in [1.807, 2.05) is 13.0 Å². The van der Waals surface area contributed by atoms with E-state index in [2.05, 4.69) is 5.32 Å². The van der Waals surface area contributed by atoms with Gasteiger partial charge in [0.15, 0.2) is 17.6 Å². The van der Waals surface area contributed by atoms with Gasteiger partial charge in [0.05, 0.1) is 12.8 Å². The maximum absolute atomic E-state index is 13.6. The minimum Gasteiger partial charge on any atom is -0.493 e. The number of para-hydroxylation sites is 3. The van der Waals surface area contributed by atoms with Crippen LogP contribution in [0.1, 0.15) is 13.3 Å². The molecule has 0 bridgehead atoms. The number of amides is 1. The lowest BCUT2D eigenvalue weighted by atomic mass is 10.2. The van der Waals surface area contributed by atoms with Crippen molar-refractivity contribution in [2.45, 2.75) is 19.4 Å². The smallest absolute Gasteiger partial charge is 0.265 e. The van der Waals surface area contributed by atoms with E-state index in [-0.39, 0.29) is 5.69 Å². The largest absolute Gasteiger partial charge is 0.493 e. The highest BCUT2D eigenvalue weighted by Gasteiger charge is 2.21. The fraction of sp³-hybridized carbons (Fsp3) is 0.235. The number of hydrogen-bond donors (Lipinski definition) is 1. The Kier molecular flexibility index (Phi) is 5.36. The zero-order valence-electron chi connectivity index (χ0n) is 12.5. The number of halogens is 1. The van der Waals surface area contributed by atoms with Gasteiger partial charge in [-0.25, -0.2) is 4.39 Å². The summed E-state index contributed by atoms with van der Waals surface area (Å²) in [5.41, 5.74) is 0.134. The molecule has 0 saturated heterocycles. The highest BCUT2D eigenvalue weighted by molar-refractivity contribution is 5.94. The van der Waals surface area contributed by atoms with Crippen LogP contribution in [0, 0.1) is 5.82 Å². The standard InChI is InChI=1S/C17H18FNO3/c1-3-14(22-16-11-7-6-10-15(16)21-2)17(20)19-13-9-5-4-8-12(13)18/h4-11,14H,3H2,1-2H3,(H,19,20)/t14-/m0/s1. The summed E-state index contributed by atoms with van der Waals surface area (Å²) >= 11 is 0. The fourth-order valence-corrected chi connectivity index (χ4v) is 1.97. The Morgan fingerprint density at radius 2 is 1.77 bits per heavy atom. The van der Waals surface area contributed by atoms with Gasteiger partial charge in [0.1, 0.15) is 5.82 Å². The van der Waals surface area contributed by atoms with Crippen molar-refractivity contribution in [1.82, 2.24) is 0 Å². The summed E-state index contributed by atoms with van der Waals surface area (Å²) in [6.07, 6.45) is -0.297. The Balaban J connectivity index is 2.11. The van der Waals surface area contributed by atoms with Gasteiger partial charge in [0.25, 0.3) is 5.91 Å². The first-order chi connectivity index (χ1) is 10.7. The second kappa shape index (κ2) is 7.45. The maximum atomic E-state index is 13.6. The van der Waals surface area contributed by atoms with Crippen LogP contribution >= 0.6 is 0 Å². The zero-order valence-corrected chi connectivity index (χ0v) is 12.5. The van der Waals surface area contributed by atoms with Gasteiger partial charge in [0.2, 0.25) is 0 Å². The molecule has 0 aromatic heterocycles. The van der Waals surface area contributed by atoms with Crippen LogP contribution in [0.15, 0.2) is 48.5 Å². The Labute approximate surface area is 128 Å². The van der Waals surface area contributed by atoms with Gasteiger partial charge >= 0.3 is 0 Å². The second-order valence-corrected chi connectivity index (χ2v) is 4.63. The molecule has 0 aliphatic heterocycles. The molecule has 0 aliphatic rings. The molecule has 2 aromatic carbocycles. The minimum absolute atomic E-state index is 0.134. The summed E-state index contributed by atoms with van der Waals surface area (Å²) < 4.78 is 24.5. The monoisotopic (exact) mass is 303 g/mol. The van der Waals surface area contributed by atoms with Crippen LogP contribution in [-0.2, 0) is 4.79 Å². The molecule has 4 nitrogen and oxygen atoms in total. The molecular formula is C17H18FNO3. The average molecular weight is 303 g/mol. The van der Waals surface area contributed by atoms with Crippen molar-refractivity contribution in [3.8, 4) is 11.5 Å². The number of carbonyl (C=O) groups is 1. The van der Waals surface area contributed by atoms with E-state index in [4.69, 9.17) is 9.47 Å². The number of benzene rings is 2. The Hall–Kier alpha value is -2.56. The van der Waals surface area contributed by atoms with Gasteiger partial charge in [-0.3, -0.25) is 4.79 Å². The van der Waals surface area contributed by atoms with Crippen molar-refractivity contribution in [1.29, 1.82) is 0 Å². The molecule has 1 N–H and O–H groups in total. The molecule has 0 heterocycles. The van der Waals surface area contributed by atoms with Crippen LogP contribution in [-0.4, -0.2) is 19.1 Å². The molecule has 1 amide bonds. The van der Waals surface area contributed by atoms with Crippen LogP contribution < -0.4 is 14.8 Å². The quantitative estimate of drug-likeness (QED) is 0.886. The summed E-state index contributed by atoms with van der Waals surface area (Å²) in [7, 11) is 1.53. The van der Waals surface area contributed by atoms with Gasteiger partial charge in [0, 0.05) is 0 Å². The third-order valence-corrected chi connectivity index (χ3v) is 3.13. The molecule has 0 saturated carbocycles. The summed E-state index contributed by atoms with van der Waals surface area (Å²) in [4.78, 5) is 12.3. The first kappa shape index (κ1) is 15.8. The number of carbonyl (C=O) groups excluding carboxylic acids is 1. The summed E-state index contributed by atoms with van der Waals surface area (Å²) in [5, 5.41) is 2.54. The molecule has 2 rings (SSSR count). The van der Waals surface area contributed by atoms with Crippen LogP contribution in [0.5, 0.6) is 11.5 Å². The molecule has 2 aromatic rings. The summed E-state index contributed by atoms with van der Waals surface area (Å²) in [6, 6.07) is 13.1. The van der Waals surface area contributed by atoms with E-state index in [9.17, 15) is 9.18 Å². The Bertz CT molecular complexity index is 645. The van der Waals surface area contributed by atoms with Crippen LogP contribution in [0.3, 0.4) is 0 Å². The molecule has 5 heteroatoms. The van der Waals surface area contributed by atoms with Gasteiger partial charge < -0.3 is 14.8 Å². The number of hydrogen-bond acceptors (Lipinski definition) is 3. The van der Waals surface area contributed by atoms with Crippen molar-refractivity contribution in [2.75, 3.05) is 12.4 Å². The lowest BCUT2D eigenvalue weighted by molar-refractivity contribution is -0.122. The van der Waals surface area contributed by atoms with Crippen LogP contribution in [0.25, 0.3) is 0 Å². The van der Waals surface area contributed by atoms with Gasteiger partial charge in [-0.1, -0.05) is 31.2 Å². The van der Waals surface area contributed by atoms with Crippen molar-refractivity contribution >= 4 is 11.6 Å². The van der Waals surface area contributed by atoms with Crippen molar-refractivity contribution < 1.29 is 18.7 Å². The van der Waals surface area contributed by atoms with Crippen molar-refractivity contribution in [3.63, 3.8) is 0 Å². The van der Waals surface area contributed by atoms with Crippen molar-refractivity contribution in [3.05, 3.63) is 54.3 Å². The third-order valence-electron chi connectivity index (χ3n) is 3.13. The molecular weight excluding hydrogens is 285 g/mol. The molecule has 0 aliphatic carbocycles. The van der Waals surface area contributed by atoms with Gasteiger partial charge in [-0.05, 0) is 30.7 Å². The Morgan fingerprint density at radius 1 is 1.14 bits per heavy atom. The molecule has 0 spiro atoms. The van der Waals surface area contributed by atoms with Crippen LogP contribution in [0.4, 0.5) is 10.1 Å². The molecule has 116 valence electrons. The first-order valence-electron chi connectivity index (χ1n) is 7.00. The van der Waals surface area contributed by atoms with Gasteiger partial charge in [-0.2, -0.15) is 0 Å². The second-order valence-electron chi connectivity index (χ2n) is 4.63. The normalized spacial score (nSPS) is 11.6. The zero-order chi connectivity index (χ0) is 15.9. The van der Waals surface area contributed by atoms with Crippen LogP contribution in [0.2, 0.25) is 0 Å². The highest BCUT2D eigenvalue weighted by atomic mass is 19.1. The molecule has 22 heavy (non-hydrogen) atoms.